The molecule has 4 aromatic carbocycles. The minimum Gasteiger partial charge on any atom is -0.455 e. The van der Waals surface area contributed by atoms with Gasteiger partial charge in [-0.25, -0.2) is 0 Å². The minimum absolute atomic E-state index is 0.973. The van der Waals surface area contributed by atoms with E-state index in [-0.39, 0.29) is 0 Å². The molecule has 0 spiro atoms. The Hall–Kier alpha value is -3.65. The molecule has 6 rings (SSSR count). The van der Waals surface area contributed by atoms with E-state index in [9.17, 15) is 0 Å². The molecule has 0 aliphatic heterocycles. The Kier molecular flexibility index (Phi) is 3.33. The number of rotatable bonds is 1. The molecule has 2 nitrogen and oxygen atoms in total. The van der Waals surface area contributed by atoms with E-state index in [1.807, 2.05) is 0 Å². The molecule has 0 amide bonds. The quantitative estimate of drug-likeness (QED) is 0.293. The zero-order valence-electron chi connectivity index (χ0n) is 16.4. The molecule has 0 aliphatic carbocycles. The molecule has 0 atom stereocenters. The van der Waals surface area contributed by atoms with E-state index in [4.69, 9.17) is 4.42 Å². The SMILES string of the molecule is Cc1c(-c2ccc3ccccc3[n+]2C)ccc2c1oc1c3ccccc3ccc21. The fraction of sp³-hybridized carbons (Fsp3) is 0.0741. The van der Waals surface area contributed by atoms with Gasteiger partial charge in [0.15, 0.2) is 0 Å². The summed E-state index contributed by atoms with van der Waals surface area (Å²) < 4.78 is 8.74. The van der Waals surface area contributed by atoms with Gasteiger partial charge in [0.1, 0.15) is 18.2 Å². The number of fused-ring (bicyclic) bond motifs is 6. The van der Waals surface area contributed by atoms with Crippen LogP contribution in [0.2, 0.25) is 0 Å². The maximum Gasteiger partial charge on any atom is 0.213 e. The van der Waals surface area contributed by atoms with Gasteiger partial charge in [0.05, 0.1) is 5.56 Å². The molecule has 0 saturated carbocycles. The summed E-state index contributed by atoms with van der Waals surface area (Å²) in [5.74, 6) is 0. The Labute approximate surface area is 168 Å². The minimum atomic E-state index is 0.973. The lowest BCUT2D eigenvalue weighted by molar-refractivity contribution is -0.633. The van der Waals surface area contributed by atoms with Gasteiger partial charge in [-0.05, 0) is 42.6 Å². The third kappa shape index (κ3) is 2.26. The second-order valence-electron chi connectivity index (χ2n) is 7.72. The Morgan fingerprint density at radius 2 is 1.31 bits per heavy atom. The van der Waals surface area contributed by atoms with Crippen LogP contribution in [0.25, 0.3) is 54.9 Å². The molecule has 0 saturated heterocycles. The van der Waals surface area contributed by atoms with E-state index >= 15 is 0 Å². The number of aryl methyl sites for hydroxylation is 2. The maximum atomic E-state index is 6.48. The standard InChI is InChI=1S/C27H20NO/c1-17-20(25-16-12-19-8-4-6-10-24(19)28(25)2)14-15-22-23-13-11-18-7-3-5-9-21(18)27(23)29-26(17)22/h3-16H,1-2H3/q+1. The van der Waals surface area contributed by atoms with Crippen molar-refractivity contribution in [3.8, 4) is 11.3 Å². The lowest BCUT2D eigenvalue weighted by atomic mass is 9.99. The molecule has 0 aliphatic rings. The number of hydrogen-bond donors (Lipinski definition) is 0. The molecule has 138 valence electrons. The van der Waals surface area contributed by atoms with Crippen LogP contribution in [0.15, 0.2) is 89.3 Å². The highest BCUT2D eigenvalue weighted by molar-refractivity contribution is 6.16. The van der Waals surface area contributed by atoms with E-state index in [1.54, 1.807) is 0 Å². The molecular formula is C27H20NO+. The third-order valence-corrected chi connectivity index (χ3v) is 6.14. The van der Waals surface area contributed by atoms with Gasteiger partial charge in [0, 0.05) is 39.2 Å². The Morgan fingerprint density at radius 3 is 2.21 bits per heavy atom. The van der Waals surface area contributed by atoms with Crippen molar-refractivity contribution < 1.29 is 8.98 Å². The summed E-state index contributed by atoms with van der Waals surface area (Å²) in [7, 11) is 2.13. The first-order valence-corrected chi connectivity index (χ1v) is 9.94. The van der Waals surface area contributed by atoms with E-state index in [0.717, 1.165) is 11.2 Å². The molecule has 2 heterocycles. The fourth-order valence-electron chi connectivity index (χ4n) is 4.59. The number of pyridine rings is 1. The number of para-hydroxylation sites is 1. The van der Waals surface area contributed by atoms with Crippen molar-refractivity contribution in [2.75, 3.05) is 0 Å². The van der Waals surface area contributed by atoms with Gasteiger partial charge in [-0.2, -0.15) is 4.57 Å². The highest BCUT2D eigenvalue weighted by Crippen LogP contribution is 2.38. The first kappa shape index (κ1) is 16.3. The molecule has 6 aromatic rings. The maximum absolute atomic E-state index is 6.48. The third-order valence-electron chi connectivity index (χ3n) is 6.14. The topological polar surface area (TPSA) is 17.0 Å². The zero-order valence-corrected chi connectivity index (χ0v) is 16.4. The first-order valence-electron chi connectivity index (χ1n) is 9.94. The van der Waals surface area contributed by atoms with Crippen LogP contribution in [0.3, 0.4) is 0 Å². The summed E-state index contributed by atoms with van der Waals surface area (Å²) in [4.78, 5) is 0. The van der Waals surface area contributed by atoms with Crippen LogP contribution in [0.5, 0.6) is 0 Å². The molecule has 0 N–H and O–H groups in total. The second-order valence-corrected chi connectivity index (χ2v) is 7.72. The summed E-state index contributed by atoms with van der Waals surface area (Å²) in [5, 5.41) is 5.97. The molecular weight excluding hydrogens is 354 g/mol. The predicted octanol–water partition coefficient (Wildman–Crippen LogP) is 6.69. The van der Waals surface area contributed by atoms with Crippen molar-refractivity contribution in [3.05, 3.63) is 90.5 Å². The Morgan fingerprint density at radius 1 is 0.621 bits per heavy atom. The van der Waals surface area contributed by atoms with Gasteiger partial charge in [-0.1, -0.05) is 42.5 Å². The largest absolute Gasteiger partial charge is 0.455 e. The number of aromatic nitrogens is 1. The van der Waals surface area contributed by atoms with Crippen LogP contribution in [0.1, 0.15) is 5.56 Å². The highest BCUT2D eigenvalue weighted by Gasteiger charge is 2.20. The molecule has 0 unspecified atom stereocenters. The molecule has 2 aromatic heterocycles. The normalized spacial score (nSPS) is 11.8. The van der Waals surface area contributed by atoms with E-state index in [2.05, 4.69) is 103 Å². The second kappa shape index (κ2) is 5.92. The van der Waals surface area contributed by atoms with Crippen molar-refractivity contribution in [3.63, 3.8) is 0 Å². The molecule has 0 bridgehead atoms. The van der Waals surface area contributed by atoms with Crippen LogP contribution in [0.4, 0.5) is 0 Å². The average Bonchev–Trinajstić information content (AvgIpc) is 3.15. The molecule has 29 heavy (non-hydrogen) atoms. The van der Waals surface area contributed by atoms with Crippen molar-refractivity contribution in [1.82, 2.24) is 0 Å². The van der Waals surface area contributed by atoms with Crippen molar-refractivity contribution in [2.45, 2.75) is 6.92 Å². The van der Waals surface area contributed by atoms with E-state index in [0.29, 0.717) is 0 Å². The lowest BCUT2D eigenvalue weighted by Crippen LogP contribution is -2.32. The van der Waals surface area contributed by atoms with Crippen LogP contribution < -0.4 is 4.57 Å². The summed E-state index contributed by atoms with van der Waals surface area (Å²) in [5.41, 5.74) is 6.74. The summed E-state index contributed by atoms with van der Waals surface area (Å²) in [6.45, 7) is 2.16. The van der Waals surface area contributed by atoms with E-state index in [1.165, 1.54) is 49.3 Å². The smallest absolute Gasteiger partial charge is 0.213 e. The van der Waals surface area contributed by atoms with Gasteiger partial charge in [-0.3, -0.25) is 0 Å². The zero-order chi connectivity index (χ0) is 19.5. The predicted molar refractivity (Wildman–Crippen MR) is 120 cm³/mol. The highest BCUT2D eigenvalue weighted by atomic mass is 16.3. The van der Waals surface area contributed by atoms with Gasteiger partial charge >= 0.3 is 0 Å². The van der Waals surface area contributed by atoms with Crippen molar-refractivity contribution in [2.24, 2.45) is 7.05 Å². The monoisotopic (exact) mass is 374 g/mol. The summed E-state index contributed by atoms with van der Waals surface area (Å²) in [6.07, 6.45) is 0. The van der Waals surface area contributed by atoms with Crippen LogP contribution in [-0.2, 0) is 7.05 Å². The lowest BCUT2D eigenvalue weighted by Gasteiger charge is -2.07. The average molecular weight is 374 g/mol. The molecule has 0 radical (unpaired) electrons. The van der Waals surface area contributed by atoms with E-state index < -0.39 is 0 Å². The van der Waals surface area contributed by atoms with Gasteiger partial charge in [0.25, 0.3) is 0 Å². The number of furan rings is 1. The van der Waals surface area contributed by atoms with Crippen molar-refractivity contribution >= 4 is 43.6 Å². The summed E-state index contributed by atoms with van der Waals surface area (Å²) >= 11 is 0. The number of nitrogens with zero attached hydrogens (tertiary/aromatic N) is 1. The number of benzene rings is 4. The first-order chi connectivity index (χ1) is 14.2. The Balaban J connectivity index is 1.67. The van der Waals surface area contributed by atoms with Crippen molar-refractivity contribution in [1.29, 1.82) is 0 Å². The van der Waals surface area contributed by atoms with Crippen LogP contribution in [0, 0.1) is 6.92 Å². The van der Waals surface area contributed by atoms with Gasteiger partial charge < -0.3 is 4.42 Å². The Bertz CT molecular complexity index is 1570. The molecule has 0 fully saturated rings. The fourth-order valence-corrected chi connectivity index (χ4v) is 4.59. The van der Waals surface area contributed by atoms with Crippen LogP contribution >= 0.6 is 0 Å². The van der Waals surface area contributed by atoms with Crippen LogP contribution in [-0.4, -0.2) is 0 Å². The van der Waals surface area contributed by atoms with Gasteiger partial charge in [0.2, 0.25) is 11.2 Å². The molecule has 2 heteroatoms. The van der Waals surface area contributed by atoms with Gasteiger partial charge in [-0.15, -0.1) is 0 Å². The number of hydrogen-bond acceptors (Lipinski definition) is 1. The summed E-state index contributed by atoms with van der Waals surface area (Å²) in [6, 6.07) is 30.1.